The Hall–Kier alpha value is -3.09. The molecule has 0 saturated carbocycles. The molecular weight excluding hydrogens is 373 g/mol. The van der Waals surface area contributed by atoms with Gasteiger partial charge in [-0.15, -0.1) is 0 Å². The fourth-order valence-electron chi connectivity index (χ4n) is 3.27. The second-order valence-electron chi connectivity index (χ2n) is 7.01. The van der Waals surface area contributed by atoms with Gasteiger partial charge in [-0.3, -0.25) is 9.59 Å². The number of anilines is 2. The number of nitrogens with one attached hydrogen (secondary N) is 1. The number of para-hydroxylation sites is 1. The smallest absolute Gasteiger partial charge is 0.257 e. The van der Waals surface area contributed by atoms with E-state index in [1.165, 1.54) is 6.07 Å². The Bertz CT molecular complexity index is 841. The van der Waals surface area contributed by atoms with Crippen molar-refractivity contribution in [2.45, 2.75) is 19.3 Å². The Kier molecular flexibility index (Phi) is 7.05. The predicted molar refractivity (Wildman–Crippen MR) is 111 cm³/mol. The molecule has 0 aromatic heterocycles. The zero-order chi connectivity index (χ0) is 20.6. The van der Waals surface area contributed by atoms with Crippen LogP contribution in [0.5, 0.6) is 5.75 Å². The molecule has 154 valence electrons. The summed E-state index contributed by atoms with van der Waals surface area (Å²) in [5.41, 5.74) is 1.39. The summed E-state index contributed by atoms with van der Waals surface area (Å²) in [6.45, 7) is 1.77. The van der Waals surface area contributed by atoms with E-state index in [1.54, 1.807) is 35.2 Å². The highest BCUT2D eigenvalue weighted by Gasteiger charge is 2.21. The molecule has 1 aliphatic heterocycles. The van der Waals surface area contributed by atoms with E-state index in [-0.39, 0.29) is 24.2 Å². The number of hydrogen-bond acceptors (Lipinski definition) is 4. The summed E-state index contributed by atoms with van der Waals surface area (Å²) < 4.78 is 19.2. The maximum Gasteiger partial charge on any atom is 0.257 e. The molecule has 1 saturated heterocycles. The van der Waals surface area contributed by atoms with E-state index >= 15 is 0 Å². The molecule has 0 atom stereocenters. The van der Waals surface area contributed by atoms with Crippen LogP contribution in [0.4, 0.5) is 15.8 Å². The van der Waals surface area contributed by atoms with Crippen molar-refractivity contribution in [2.75, 3.05) is 43.1 Å². The number of amides is 2. The maximum absolute atomic E-state index is 13.7. The van der Waals surface area contributed by atoms with E-state index in [1.807, 2.05) is 24.1 Å². The van der Waals surface area contributed by atoms with Crippen molar-refractivity contribution < 1.29 is 18.7 Å². The minimum absolute atomic E-state index is 0.0782. The third kappa shape index (κ3) is 5.70. The number of carbonyl (C=O) groups excluding carboxylic acids is 2. The Labute approximate surface area is 170 Å². The van der Waals surface area contributed by atoms with E-state index in [0.29, 0.717) is 37.4 Å². The van der Waals surface area contributed by atoms with E-state index in [0.717, 1.165) is 18.7 Å². The van der Waals surface area contributed by atoms with E-state index in [9.17, 15) is 14.0 Å². The fourth-order valence-corrected chi connectivity index (χ4v) is 3.27. The molecule has 6 nitrogen and oxygen atoms in total. The monoisotopic (exact) mass is 399 g/mol. The van der Waals surface area contributed by atoms with Crippen LogP contribution in [0.15, 0.2) is 48.5 Å². The zero-order valence-corrected chi connectivity index (χ0v) is 16.6. The van der Waals surface area contributed by atoms with Gasteiger partial charge in [0, 0.05) is 38.8 Å². The van der Waals surface area contributed by atoms with Crippen molar-refractivity contribution in [2.24, 2.45) is 0 Å². The van der Waals surface area contributed by atoms with Gasteiger partial charge in [-0.1, -0.05) is 12.1 Å². The van der Waals surface area contributed by atoms with Crippen LogP contribution in [-0.4, -0.2) is 45.1 Å². The molecule has 1 N–H and O–H groups in total. The lowest BCUT2D eigenvalue weighted by molar-refractivity contribution is -0.123. The van der Waals surface area contributed by atoms with E-state index in [2.05, 4.69) is 5.32 Å². The van der Waals surface area contributed by atoms with E-state index < -0.39 is 0 Å². The second-order valence-corrected chi connectivity index (χ2v) is 7.01. The van der Waals surface area contributed by atoms with Crippen LogP contribution < -0.4 is 19.9 Å². The van der Waals surface area contributed by atoms with Crippen LogP contribution in [0.2, 0.25) is 0 Å². The molecule has 1 fully saturated rings. The summed E-state index contributed by atoms with van der Waals surface area (Å²) in [4.78, 5) is 27.3. The molecule has 1 heterocycles. The summed E-state index contributed by atoms with van der Waals surface area (Å²) in [6, 6.07) is 13.8. The molecule has 7 heteroatoms. The van der Waals surface area contributed by atoms with Gasteiger partial charge in [0.05, 0.1) is 5.69 Å². The zero-order valence-electron chi connectivity index (χ0n) is 16.6. The quantitative estimate of drug-likeness (QED) is 0.659. The Balaban J connectivity index is 1.35. The first kappa shape index (κ1) is 20.6. The highest BCUT2D eigenvalue weighted by Crippen LogP contribution is 2.23. The van der Waals surface area contributed by atoms with Gasteiger partial charge < -0.3 is 19.9 Å². The summed E-state index contributed by atoms with van der Waals surface area (Å²) >= 11 is 0. The van der Waals surface area contributed by atoms with Crippen LogP contribution in [0.1, 0.15) is 19.3 Å². The van der Waals surface area contributed by atoms with Gasteiger partial charge in [-0.05, 0) is 49.2 Å². The van der Waals surface area contributed by atoms with Crippen molar-refractivity contribution in [1.29, 1.82) is 0 Å². The molecule has 0 bridgehead atoms. The Morgan fingerprint density at radius 2 is 1.97 bits per heavy atom. The first-order chi connectivity index (χ1) is 14.0. The van der Waals surface area contributed by atoms with Crippen LogP contribution in [-0.2, 0) is 9.59 Å². The van der Waals surface area contributed by atoms with Gasteiger partial charge >= 0.3 is 0 Å². The molecule has 0 spiro atoms. The second kappa shape index (κ2) is 9.91. The third-order valence-corrected chi connectivity index (χ3v) is 4.85. The van der Waals surface area contributed by atoms with Crippen molar-refractivity contribution in [3.8, 4) is 5.75 Å². The van der Waals surface area contributed by atoms with Crippen molar-refractivity contribution in [3.63, 3.8) is 0 Å². The normalized spacial score (nSPS) is 13.4. The lowest BCUT2D eigenvalue weighted by atomic mass is 10.2. The molecule has 2 amide bonds. The fraction of sp³-hybridized carbons (Fsp3) is 0.364. The summed E-state index contributed by atoms with van der Waals surface area (Å²) in [6.07, 6.45) is 2.16. The highest BCUT2D eigenvalue weighted by atomic mass is 19.1. The molecule has 3 rings (SSSR count). The largest absolute Gasteiger partial charge is 0.484 e. The first-order valence-electron chi connectivity index (χ1n) is 9.80. The number of nitrogens with zero attached hydrogens (tertiary/aromatic N) is 2. The van der Waals surface area contributed by atoms with Crippen LogP contribution in [0, 0.1) is 5.82 Å². The van der Waals surface area contributed by atoms with Gasteiger partial charge in [0.2, 0.25) is 5.91 Å². The number of halogens is 1. The summed E-state index contributed by atoms with van der Waals surface area (Å²) in [5, 5.41) is 2.80. The van der Waals surface area contributed by atoms with Gasteiger partial charge in [0.1, 0.15) is 11.6 Å². The third-order valence-electron chi connectivity index (χ3n) is 4.85. The number of benzene rings is 2. The minimum Gasteiger partial charge on any atom is -0.484 e. The van der Waals surface area contributed by atoms with Gasteiger partial charge in [0.15, 0.2) is 6.61 Å². The highest BCUT2D eigenvalue weighted by molar-refractivity contribution is 5.95. The lowest BCUT2D eigenvalue weighted by Gasteiger charge is -2.19. The molecule has 0 aliphatic carbocycles. The average molecular weight is 399 g/mol. The van der Waals surface area contributed by atoms with Gasteiger partial charge in [-0.25, -0.2) is 4.39 Å². The summed E-state index contributed by atoms with van der Waals surface area (Å²) in [7, 11) is 1.82. The first-order valence-corrected chi connectivity index (χ1v) is 9.80. The molecule has 1 aliphatic rings. The van der Waals surface area contributed by atoms with Crippen LogP contribution in [0.25, 0.3) is 0 Å². The molecule has 2 aromatic carbocycles. The molecular formula is C22H26FN3O3. The standard InChI is InChI=1S/C22H26FN3O3/c1-25(20-7-3-2-6-19(20)23)14-5-13-24-21(27)16-29-18-11-9-17(10-12-18)26-15-4-8-22(26)28/h2-3,6-7,9-12H,4-5,8,13-16H2,1H3,(H,24,27). The van der Waals surface area contributed by atoms with Crippen molar-refractivity contribution >= 4 is 23.2 Å². The number of rotatable bonds is 9. The molecule has 2 aromatic rings. The molecule has 0 radical (unpaired) electrons. The van der Waals surface area contributed by atoms with Crippen molar-refractivity contribution in [3.05, 3.63) is 54.3 Å². The Morgan fingerprint density at radius 1 is 1.21 bits per heavy atom. The number of hydrogen-bond donors (Lipinski definition) is 1. The summed E-state index contributed by atoms with van der Waals surface area (Å²) in [5.74, 6) is 0.249. The lowest BCUT2D eigenvalue weighted by Crippen LogP contribution is -2.31. The van der Waals surface area contributed by atoms with Crippen LogP contribution >= 0.6 is 0 Å². The van der Waals surface area contributed by atoms with Gasteiger partial charge in [-0.2, -0.15) is 0 Å². The van der Waals surface area contributed by atoms with Crippen LogP contribution in [0.3, 0.4) is 0 Å². The van der Waals surface area contributed by atoms with Crippen molar-refractivity contribution in [1.82, 2.24) is 5.32 Å². The van der Waals surface area contributed by atoms with E-state index in [4.69, 9.17) is 4.74 Å². The topological polar surface area (TPSA) is 61.9 Å². The minimum atomic E-state index is -0.257. The maximum atomic E-state index is 13.7. The Morgan fingerprint density at radius 3 is 2.66 bits per heavy atom. The van der Waals surface area contributed by atoms with Gasteiger partial charge in [0.25, 0.3) is 5.91 Å². The number of ether oxygens (including phenoxy) is 1. The molecule has 29 heavy (non-hydrogen) atoms. The number of carbonyl (C=O) groups is 2. The molecule has 0 unspecified atom stereocenters. The SMILES string of the molecule is CN(CCCNC(=O)COc1ccc(N2CCCC2=O)cc1)c1ccccc1F. The average Bonchev–Trinajstić information content (AvgIpc) is 3.16. The predicted octanol–water partition coefficient (Wildman–Crippen LogP) is 2.97.